The Morgan fingerprint density at radius 1 is 1.33 bits per heavy atom. The van der Waals surface area contributed by atoms with Crippen molar-refractivity contribution in [3.8, 4) is 0 Å². The molecule has 1 aromatic heterocycles. The highest BCUT2D eigenvalue weighted by Gasteiger charge is 2.25. The van der Waals surface area contributed by atoms with Gasteiger partial charge in [0.25, 0.3) is 0 Å². The first-order valence-electron chi connectivity index (χ1n) is 9.20. The Morgan fingerprint density at radius 2 is 2.11 bits per heavy atom. The Morgan fingerprint density at radius 3 is 2.81 bits per heavy atom. The van der Waals surface area contributed by atoms with Gasteiger partial charge in [-0.1, -0.05) is 23.7 Å². The molecule has 3 rings (SSSR count). The molecule has 0 saturated carbocycles. The summed E-state index contributed by atoms with van der Waals surface area (Å²) in [5, 5.41) is 9.08. The summed E-state index contributed by atoms with van der Waals surface area (Å²) in [5.74, 6) is -0.0627. The Kier molecular flexibility index (Phi) is 7.26. The first kappa shape index (κ1) is 20.3. The van der Waals surface area contributed by atoms with Crippen molar-refractivity contribution in [3.05, 3.63) is 51.2 Å². The number of nitrogens with one attached hydrogen (secondary N) is 2. The van der Waals surface area contributed by atoms with Gasteiger partial charge in [-0.2, -0.15) is 0 Å². The molecule has 1 aromatic carbocycles. The van der Waals surface area contributed by atoms with E-state index in [1.807, 2.05) is 26.0 Å². The van der Waals surface area contributed by atoms with Crippen LogP contribution >= 0.6 is 22.9 Å². The Labute approximate surface area is 169 Å². The molecule has 2 heterocycles. The van der Waals surface area contributed by atoms with Crippen molar-refractivity contribution in [1.82, 2.24) is 10.2 Å². The van der Waals surface area contributed by atoms with Crippen LogP contribution < -0.4 is 10.6 Å². The van der Waals surface area contributed by atoms with Gasteiger partial charge < -0.3 is 15.4 Å². The van der Waals surface area contributed by atoms with Crippen LogP contribution in [0.5, 0.6) is 0 Å². The molecule has 27 heavy (non-hydrogen) atoms. The third-order valence-electron chi connectivity index (χ3n) is 4.83. The van der Waals surface area contributed by atoms with Crippen LogP contribution in [0.1, 0.15) is 23.4 Å². The minimum absolute atomic E-state index is 0.0627. The molecule has 2 aromatic rings. The zero-order chi connectivity index (χ0) is 19.2. The van der Waals surface area contributed by atoms with Gasteiger partial charge in [-0.05, 0) is 43.0 Å². The number of halogens is 1. The molecule has 5 nitrogen and oxygen atoms in total. The van der Waals surface area contributed by atoms with E-state index in [1.165, 1.54) is 4.88 Å². The van der Waals surface area contributed by atoms with E-state index in [9.17, 15) is 4.79 Å². The van der Waals surface area contributed by atoms with E-state index in [1.54, 1.807) is 17.4 Å². The highest BCUT2D eigenvalue weighted by Crippen LogP contribution is 2.25. The Hall–Kier alpha value is -1.44. The van der Waals surface area contributed by atoms with Crippen molar-refractivity contribution < 1.29 is 9.53 Å². The number of amides is 1. The largest absolute Gasteiger partial charge is 0.379 e. The average molecular weight is 408 g/mol. The number of aryl methyl sites for hydroxylation is 1. The van der Waals surface area contributed by atoms with Crippen molar-refractivity contribution in [2.45, 2.75) is 25.9 Å². The van der Waals surface area contributed by atoms with Gasteiger partial charge in [0, 0.05) is 35.2 Å². The summed E-state index contributed by atoms with van der Waals surface area (Å²) in [5.41, 5.74) is 1.74. The normalized spacial score (nSPS) is 17.4. The highest BCUT2D eigenvalue weighted by molar-refractivity contribution is 7.10. The van der Waals surface area contributed by atoms with Crippen molar-refractivity contribution in [2.75, 3.05) is 38.2 Å². The molecule has 1 saturated heterocycles. The van der Waals surface area contributed by atoms with Crippen molar-refractivity contribution >= 4 is 34.5 Å². The number of carbonyl (C=O) groups excluding carboxylic acids is 1. The number of hydrogen-bond acceptors (Lipinski definition) is 5. The number of carbonyl (C=O) groups is 1. The molecule has 146 valence electrons. The maximum absolute atomic E-state index is 12.6. The molecular weight excluding hydrogens is 382 g/mol. The minimum atomic E-state index is -0.313. The number of ether oxygens (including phenoxy) is 1. The number of anilines is 1. The van der Waals surface area contributed by atoms with E-state index in [-0.39, 0.29) is 18.0 Å². The van der Waals surface area contributed by atoms with Crippen molar-refractivity contribution in [3.63, 3.8) is 0 Å². The lowest BCUT2D eigenvalue weighted by molar-refractivity contribution is -0.117. The van der Waals surface area contributed by atoms with Gasteiger partial charge >= 0.3 is 0 Å². The summed E-state index contributed by atoms with van der Waals surface area (Å²) in [6.07, 6.45) is 0. The molecule has 1 fully saturated rings. The second-order valence-electron chi connectivity index (χ2n) is 6.76. The van der Waals surface area contributed by atoms with Gasteiger partial charge in [-0.15, -0.1) is 11.3 Å². The second kappa shape index (κ2) is 9.66. The molecule has 2 unspecified atom stereocenters. The lowest BCUT2D eigenvalue weighted by atomic mass is 10.1. The maximum atomic E-state index is 12.6. The van der Waals surface area contributed by atoms with Gasteiger partial charge in [0.15, 0.2) is 0 Å². The Bertz CT molecular complexity index is 748. The average Bonchev–Trinajstić information content (AvgIpc) is 3.20. The SMILES string of the molecule is Cc1ccc(Cl)cc1NC(=O)C(C)NCC(c1cccs1)N1CCOCC1. The molecule has 1 aliphatic rings. The van der Waals surface area contributed by atoms with Crippen LogP contribution in [0, 0.1) is 6.92 Å². The zero-order valence-electron chi connectivity index (χ0n) is 15.7. The molecule has 0 spiro atoms. The summed E-state index contributed by atoms with van der Waals surface area (Å²) in [7, 11) is 0. The van der Waals surface area contributed by atoms with Gasteiger partial charge in [0.1, 0.15) is 0 Å². The topological polar surface area (TPSA) is 53.6 Å². The van der Waals surface area contributed by atoms with Crippen LogP contribution in [0.4, 0.5) is 5.69 Å². The van der Waals surface area contributed by atoms with Crippen LogP contribution in [-0.4, -0.2) is 49.7 Å². The number of morpholine rings is 1. The molecule has 7 heteroatoms. The van der Waals surface area contributed by atoms with Crippen molar-refractivity contribution in [2.24, 2.45) is 0 Å². The standard InChI is InChI=1S/C20H26ClN3O2S/c1-14-5-6-16(21)12-17(14)23-20(25)15(2)22-13-18(19-4-3-11-27-19)24-7-9-26-10-8-24/h3-6,11-12,15,18,22H,7-10,13H2,1-2H3,(H,23,25). The fraction of sp³-hybridized carbons (Fsp3) is 0.450. The summed E-state index contributed by atoms with van der Waals surface area (Å²) < 4.78 is 5.48. The molecule has 0 bridgehead atoms. The Balaban J connectivity index is 1.60. The number of benzene rings is 1. The predicted octanol–water partition coefficient (Wildman–Crippen LogP) is 3.70. The second-order valence-corrected chi connectivity index (χ2v) is 8.17. The van der Waals surface area contributed by atoms with E-state index >= 15 is 0 Å². The fourth-order valence-corrected chi connectivity index (χ4v) is 4.16. The first-order valence-corrected chi connectivity index (χ1v) is 10.5. The van der Waals surface area contributed by atoms with Gasteiger partial charge in [-0.25, -0.2) is 0 Å². The molecular formula is C20H26ClN3O2S. The van der Waals surface area contributed by atoms with E-state index in [0.717, 1.165) is 37.6 Å². The monoisotopic (exact) mass is 407 g/mol. The van der Waals surface area contributed by atoms with Crippen LogP contribution in [-0.2, 0) is 9.53 Å². The molecule has 2 N–H and O–H groups in total. The van der Waals surface area contributed by atoms with Crippen LogP contribution in [0.15, 0.2) is 35.7 Å². The summed E-state index contributed by atoms with van der Waals surface area (Å²) in [6, 6.07) is 9.68. The van der Waals surface area contributed by atoms with Crippen LogP contribution in [0.2, 0.25) is 5.02 Å². The number of hydrogen-bond donors (Lipinski definition) is 2. The van der Waals surface area contributed by atoms with Crippen LogP contribution in [0.25, 0.3) is 0 Å². The summed E-state index contributed by atoms with van der Waals surface area (Å²) in [6.45, 7) is 7.88. The number of thiophene rings is 1. The van der Waals surface area contributed by atoms with E-state index in [0.29, 0.717) is 11.6 Å². The summed E-state index contributed by atoms with van der Waals surface area (Å²) >= 11 is 7.80. The molecule has 1 aliphatic heterocycles. The van der Waals surface area contributed by atoms with E-state index in [4.69, 9.17) is 16.3 Å². The predicted molar refractivity (Wildman–Crippen MR) is 112 cm³/mol. The van der Waals surface area contributed by atoms with Gasteiger partial charge in [0.05, 0.1) is 25.3 Å². The minimum Gasteiger partial charge on any atom is -0.379 e. The summed E-state index contributed by atoms with van der Waals surface area (Å²) in [4.78, 5) is 16.3. The quantitative estimate of drug-likeness (QED) is 0.734. The fourth-order valence-electron chi connectivity index (χ4n) is 3.13. The maximum Gasteiger partial charge on any atom is 0.241 e. The van der Waals surface area contributed by atoms with Gasteiger partial charge in [0.2, 0.25) is 5.91 Å². The van der Waals surface area contributed by atoms with Crippen molar-refractivity contribution in [1.29, 1.82) is 0 Å². The lowest BCUT2D eigenvalue weighted by Crippen LogP contribution is -2.46. The van der Waals surface area contributed by atoms with E-state index in [2.05, 4.69) is 33.0 Å². The van der Waals surface area contributed by atoms with Crippen LogP contribution in [0.3, 0.4) is 0 Å². The molecule has 1 amide bonds. The zero-order valence-corrected chi connectivity index (χ0v) is 17.3. The van der Waals surface area contributed by atoms with Gasteiger partial charge in [-0.3, -0.25) is 9.69 Å². The third-order valence-corrected chi connectivity index (χ3v) is 6.03. The number of rotatable bonds is 7. The molecule has 0 radical (unpaired) electrons. The lowest BCUT2D eigenvalue weighted by Gasteiger charge is -2.34. The third kappa shape index (κ3) is 5.53. The highest BCUT2D eigenvalue weighted by atomic mass is 35.5. The van der Waals surface area contributed by atoms with E-state index < -0.39 is 0 Å². The number of nitrogens with zero attached hydrogens (tertiary/aromatic N) is 1. The smallest absolute Gasteiger partial charge is 0.241 e. The molecule has 0 aliphatic carbocycles. The first-order chi connectivity index (χ1) is 13.0. The molecule has 2 atom stereocenters.